The minimum Gasteiger partial charge on any atom is -0.325 e. The Kier molecular flexibility index (Phi) is 7.66. The van der Waals surface area contributed by atoms with Crippen molar-refractivity contribution in [3.05, 3.63) is 60.4 Å². The van der Waals surface area contributed by atoms with Gasteiger partial charge in [0.05, 0.1) is 12.3 Å². The van der Waals surface area contributed by atoms with E-state index in [1.807, 2.05) is 48.7 Å². The molecule has 0 radical (unpaired) electrons. The Balaban J connectivity index is 1.47. The lowest BCUT2D eigenvalue weighted by Crippen LogP contribution is -2.30. The molecule has 1 aliphatic rings. The van der Waals surface area contributed by atoms with Gasteiger partial charge in [0, 0.05) is 16.3 Å². The zero-order chi connectivity index (χ0) is 21.5. The maximum atomic E-state index is 12.6. The zero-order valence-electron chi connectivity index (χ0n) is 17.7. The molecule has 31 heavy (non-hydrogen) atoms. The van der Waals surface area contributed by atoms with E-state index in [1.54, 1.807) is 11.8 Å². The normalized spacial score (nSPS) is 14.5. The molecule has 0 atom stereocenters. The van der Waals surface area contributed by atoms with Crippen LogP contribution >= 0.6 is 23.5 Å². The van der Waals surface area contributed by atoms with Crippen molar-refractivity contribution in [2.75, 3.05) is 30.4 Å². The highest BCUT2D eigenvalue weighted by Crippen LogP contribution is 2.24. The van der Waals surface area contributed by atoms with Crippen LogP contribution in [-0.4, -0.2) is 50.7 Å². The molecule has 3 aromatic rings. The average molecular weight is 454 g/mol. The first-order chi connectivity index (χ1) is 15.2. The number of nitrogens with one attached hydrogen (secondary N) is 1. The van der Waals surface area contributed by atoms with E-state index in [4.69, 9.17) is 0 Å². The maximum absolute atomic E-state index is 12.6. The summed E-state index contributed by atoms with van der Waals surface area (Å²) in [4.78, 5) is 16.1. The van der Waals surface area contributed by atoms with Crippen molar-refractivity contribution in [1.29, 1.82) is 0 Å². The molecular formula is C23H27N5OS2. The van der Waals surface area contributed by atoms with Gasteiger partial charge in [0.2, 0.25) is 5.91 Å². The summed E-state index contributed by atoms with van der Waals surface area (Å²) in [6.45, 7) is 2.97. The van der Waals surface area contributed by atoms with E-state index in [-0.39, 0.29) is 11.7 Å². The monoisotopic (exact) mass is 453 g/mol. The molecule has 2 heterocycles. The Bertz CT molecular complexity index is 1000. The third-order valence-electron chi connectivity index (χ3n) is 5.21. The minimum atomic E-state index is -0.0524. The Labute approximate surface area is 191 Å². The van der Waals surface area contributed by atoms with Crippen LogP contribution in [0.5, 0.6) is 0 Å². The third-order valence-corrected chi connectivity index (χ3v) is 6.87. The van der Waals surface area contributed by atoms with Gasteiger partial charge in [0.1, 0.15) is 0 Å². The van der Waals surface area contributed by atoms with Crippen molar-refractivity contribution < 1.29 is 4.79 Å². The second-order valence-electron chi connectivity index (χ2n) is 7.48. The lowest BCUT2D eigenvalue weighted by Gasteiger charge is -2.26. The number of para-hydroxylation sites is 1. The number of anilines is 1. The van der Waals surface area contributed by atoms with Gasteiger partial charge in [-0.25, -0.2) is 0 Å². The molecule has 6 nitrogen and oxygen atoms in total. The molecule has 1 aliphatic heterocycles. The molecule has 8 heteroatoms. The SMILES string of the molecule is CSc1cccc(NC(=O)CSc2nnc(CN3CCCCC3)n2-c2ccccc2)c1. The highest BCUT2D eigenvalue weighted by atomic mass is 32.2. The molecule has 1 N–H and O–H groups in total. The van der Waals surface area contributed by atoms with Crippen LogP contribution < -0.4 is 5.32 Å². The number of aromatic nitrogens is 3. The van der Waals surface area contributed by atoms with Crippen LogP contribution in [0.2, 0.25) is 0 Å². The third kappa shape index (κ3) is 5.90. The second-order valence-corrected chi connectivity index (χ2v) is 9.30. The fourth-order valence-corrected chi connectivity index (χ4v) is 4.91. The van der Waals surface area contributed by atoms with Crippen molar-refractivity contribution >= 4 is 35.1 Å². The molecule has 2 aromatic carbocycles. The highest BCUT2D eigenvalue weighted by Gasteiger charge is 2.19. The van der Waals surface area contributed by atoms with E-state index in [0.29, 0.717) is 0 Å². The molecule has 0 bridgehead atoms. The summed E-state index contributed by atoms with van der Waals surface area (Å²) in [5.41, 5.74) is 1.84. The number of carbonyl (C=O) groups is 1. The molecule has 1 amide bonds. The van der Waals surface area contributed by atoms with Crippen molar-refractivity contribution in [2.45, 2.75) is 35.9 Å². The number of piperidine rings is 1. The standard InChI is InChI=1S/C23H27N5OS2/c1-30-20-12-8-9-18(15-20)24-22(29)17-31-23-26-25-21(16-27-13-6-3-7-14-27)28(23)19-10-4-2-5-11-19/h2,4-5,8-12,15H,3,6-7,13-14,16-17H2,1H3,(H,24,29). The first-order valence-corrected chi connectivity index (χ1v) is 12.7. The molecule has 1 fully saturated rings. The largest absolute Gasteiger partial charge is 0.325 e. The van der Waals surface area contributed by atoms with Crippen LogP contribution in [0.3, 0.4) is 0 Å². The summed E-state index contributed by atoms with van der Waals surface area (Å²) >= 11 is 3.07. The van der Waals surface area contributed by atoms with Crippen LogP contribution in [-0.2, 0) is 11.3 Å². The summed E-state index contributed by atoms with van der Waals surface area (Å²) in [6.07, 6.45) is 5.80. The first kappa shape index (κ1) is 21.9. The summed E-state index contributed by atoms with van der Waals surface area (Å²) in [7, 11) is 0. The van der Waals surface area contributed by atoms with Crippen LogP contribution in [0.15, 0.2) is 64.6 Å². The number of nitrogens with zero attached hydrogens (tertiary/aromatic N) is 4. The Morgan fingerprint density at radius 2 is 1.84 bits per heavy atom. The quantitative estimate of drug-likeness (QED) is 0.499. The number of amides is 1. The Morgan fingerprint density at radius 3 is 2.61 bits per heavy atom. The molecule has 0 saturated carbocycles. The lowest BCUT2D eigenvalue weighted by atomic mass is 10.1. The van der Waals surface area contributed by atoms with Gasteiger partial charge in [0.25, 0.3) is 0 Å². The number of hydrogen-bond donors (Lipinski definition) is 1. The van der Waals surface area contributed by atoms with Gasteiger partial charge < -0.3 is 5.32 Å². The predicted octanol–water partition coefficient (Wildman–Crippen LogP) is 4.71. The number of likely N-dealkylation sites (tertiary alicyclic amines) is 1. The molecular weight excluding hydrogens is 426 g/mol. The van der Waals surface area contributed by atoms with Gasteiger partial charge in [-0.2, -0.15) is 0 Å². The summed E-state index contributed by atoms with van der Waals surface area (Å²) < 4.78 is 2.08. The molecule has 0 aliphatic carbocycles. The minimum absolute atomic E-state index is 0.0524. The number of thioether (sulfide) groups is 2. The summed E-state index contributed by atoms with van der Waals surface area (Å²) in [5, 5.41) is 12.6. The van der Waals surface area contributed by atoms with Crippen LogP contribution in [0.4, 0.5) is 5.69 Å². The summed E-state index contributed by atoms with van der Waals surface area (Å²) in [5.74, 6) is 1.14. The highest BCUT2D eigenvalue weighted by molar-refractivity contribution is 7.99. The summed E-state index contributed by atoms with van der Waals surface area (Å²) in [6, 6.07) is 18.0. The molecule has 162 valence electrons. The lowest BCUT2D eigenvalue weighted by molar-refractivity contribution is -0.113. The van der Waals surface area contributed by atoms with E-state index >= 15 is 0 Å². The molecule has 1 saturated heterocycles. The van der Waals surface area contributed by atoms with Gasteiger partial charge >= 0.3 is 0 Å². The number of rotatable bonds is 8. The van der Waals surface area contributed by atoms with Gasteiger partial charge in [-0.1, -0.05) is 42.4 Å². The smallest absolute Gasteiger partial charge is 0.234 e. The van der Waals surface area contributed by atoms with Crippen molar-refractivity contribution in [3.63, 3.8) is 0 Å². The van der Waals surface area contributed by atoms with Crippen LogP contribution in [0.25, 0.3) is 5.69 Å². The van der Waals surface area contributed by atoms with E-state index in [9.17, 15) is 4.79 Å². The molecule has 1 aromatic heterocycles. The fraction of sp³-hybridized carbons (Fsp3) is 0.348. The van der Waals surface area contributed by atoms with Crippen molar-refractivity contribution in [1.82, 2.24) is 19.7 Å². The van der Waals surface area contributed by atoms with Gasteiger partial charge in [0.15, 0.2) is 11.0 Å². The van der Waals surface area contributed by atoms with Gasteiger partial charge in [-0.3, -0.25) is 14.3 Å². The molecule has 4 rings (SSSR count). The van der Waals surface area contributed by atoms with Gasteiger partial charge in [-0.15, -0.1) is 22.0 Å². The van der Waals surface area contributed by atoms with Crippen LogP contribution in [0, 0.1) is 0 Å². The van der Waals surface area contributed by atoms with E-state index in [0.717, 1.165) is 46.9 Å². The number of benzene rings is 2. The first-order valence-electron chi connectivity index (χ1n) is 10.5. The number of carbonyl (C=O) groups excluding carboxylic acids is 1. The van der Waals surface area contributed by atoms with Gasteiger partial charge in [-0.05, 0) is 62.5 Å². The predicted molar refractivity (Wildman–Crippen MR) is 128 cm³/mol. The fourth-order valence-electron chi connectivity index (χ4n) is 3.68. The Morgan fingerprint density at radius 1 is 1.03 bits per heavy atom. The van der Waals surface area contributed by atoms with E-state index < -0.39 is 0 Å². The van der Waals surface area contributed by atoms with E-state index in [2.05, 4.69) is 37.1 Å². The molecule has 0 unspecified atom stereocenters. The molecule has 0 spiro atoms. The van der Waals surface area contributed by atoms with Crippen molar-refractivity contribution in [2.24, 2.45) is 0 Å². The topological polar surface area (TPSA) is 63.1 Å². The number of hydrogen-bond acceptors (Lipinski definition) is 6. The zero-order valence-corrected chi connectivity index (χ0v) is 19.3. The van der Waals surface area contributed by atoms with Crippen molar-refractivity contribution in [3.8, 4) is 5.69 Å². The van der Waals surface area contributed by atoms with E-state index in [1.165, 1.54) is 31.0 Å². The van der Waals surface area contributed by atoms with Crippen LogP contribution in [0.1, 0.15) is 25.1 Å². The second kappa shape index (κ2) is 10.8. The maximum Gasteiger partial charge on any atom is 0.234 e. The average Bonchev–Trinajstić information content (AvgIpc) is 3.21. The Hall–Kier alpha value is -2.29.